The van der Waals surface area contributed by atoms with Crippen LogP contribution in [-0.4, -0.2) is 42.6 Å². The van der Waals surface area contributed by atoms with Gasteiger partial charge in [-0.25, -0.2) is 22.8 Å². The topological polar surface area (TPSA) is 132 Å². The Hall–Kier alpha value is -3.54. The van der Waals surface area contributed by atoms with Crippen molar-refractivity contribution in [3.8, 4) is 17.0 Å². The number of benzene rings is 2. The predicted molar refractivity (Wildman–Crippen MR) is 150 cm³/mol. The standard InChI is InChI=1S/C27H28ClFN6O3S/c1-15-11-16(12-17-14-31-27(33-24(15)17)32-19-9-7-18(30)8-10-19)20-13-22(29)25(34-26(20)38-2)35-39(36,37)23-6-4-3-5-21(23)28/h3-6,11-14,18-19H,7-10,30H2,1-2H3,(H,34,35)(H,31,32,33). The Morgan fingerprint density at radius 1 is 1.10 bits per heavy atom. The van der Waals surface area contributed by atoms with Crippen molar-refractivity contribution in [1.29, 1.82) is 0 Å². The molecule has 0 aliphatic heterocycles. The molecule has 4 aromatic rings. The summed E-state index contributed by atoms with van der Waals surface area (Å²) in [5.41, 5.74) is 8.59. The number of fused-ring (bicyclic) bond motifs is 1. The average Bonchev–Trinajstić information content (AvgIpc) is 2.91. The van der Waals surface area contributed by atoms with Gasteiger partial charge >= 0.3 is 0 Å². The van der Waals surface area contributed by atoms with Crippen molar-refractivity contribution in [2.75, 3.05) is 17.1 Å². The van der Waals surface area contributed by atoms with Crippen LogP contribution in [0.25, 0.3) is 22.0 Å². The summed E-state index contributed by atoms with van der Waals surface area (Å²) in [6, 6.07) is 11.3. The number of nitrogens with zero attached hydrogens (tertiary/aromatic N) is 3. The molecule has 0 unspecified atom stereocenters. The van der Waals surface area contributed by atoms with E-state index in [4.69, 9.17) is 27.1 Å². The van der Waals surface area contributed by atoms with Crippen LogP contribution < -0.4 is 20.5 Å². The minimum absolute atomic E-state index is 0.00384. The van der Waals surface area contributed by atoms with Gasteiger partial charge < -0.3 is 15.8 Å². The van der Waals surface area contributed by atoms with Gasteiger partial charge in [0.05, 0.1) is 17.6 Å². The van der Waals surface area contributed by atoms with Crippen molar-refractivity contribution in [1.82, 2.24) is 15.0 Å². The van der Waals surface area contributed by atoms with E-state index in [1.54, 1.807) is 12.3 Å². The molecule has 1 fully saturated rings. The Kier molecular flexibility index (Phi) is 7.57. The SMILES string of the molecule is COc1nc(NS(=O)(=O)c2ccccc2Cl)c(F)cc1-c1cc(C)c2nc(NC3CCC(N)CC3)ncc2c1. The first-order valence-electron chi connectivity index (χ1n) is 12.5. The molecule has 0 amide bonds. The highest BCUT2D eigenvalue weighted by atomic mass is 35.5. The molecule has 4 N–H and O–H groups in total. The van der Waals surface area contributed by atoms with Gasteiger partial charge in [0.2, 0.25) is 11.8 Å². The second-order valence-corrected chi connectivity index (χ2v) is 11.7. The fourth-order valence-electron chi connectivity index (χ4n) is 4.75. The maximum absolute atomic E-state index is 15.2. The number of ether oxygens (including phenoxy) is 1. The van der Waals surface area contributed by atoms with Gasteiger partial charge in [-0.15, -0.1) is 0 Å². The summed E-state index contributed by atoms with van der Waals surface area (Å²) in [5.74, 6) is -0.779. The van der Waals surface area contributed by atoms with Crippen LogP contribution in [0.2, 0.25) is 5.02 Å². The lowest BCUT2D eigenvalue weighted by atomic mass is 9.92. The zero-order valence-electron chi connectivity index (χ0n) is 21.4. The summed E-state index contributed by atoms with van der Waals surface area (Å²) in [6.45, 7) is 1.91. The molecule has 0 spiro atoms. The van der Waals surface area contributed by atoms with Gasteiger partial charge in [0, 0.05) is 29.2 Å². The first-order chi connectivity index (χ1) is 18.6. The zero-order valence-corrected chi connectivity index (χ0v) is 23.0. The average molecular weight is 571 g/mol. The molecule has 9 nitrogen and oxygen atoms in total. The molecule has 2 aromatic heterocycles. The van der Waals surface area contributed by atoms with E-state index in [1.807, 2.05) is 19.1 Å². The van der Waals surface area contributed by atoms with Crippen molar-refractivity contribution >= 4 is 44.3 Å². The van der Waals surface area contributed by atoms with Gasteiger partial charge in [0.25, 0.3) is 10.0 Å². The molecule has 1 saturated carbocycles. The third kappa shape index (κ3) is 5.75. The maximum atomic E-state index is 15.2. The normalized spacial score (nSPS) is 17.7. The molecular weight excluding hydrogens is 543 g/mol. The van der Waals surface area contributed by atoms with E-state index >= 15 is 4.39 Å². The van der Waals surface area contributed by atoms with Crippen LogP contribution >= 0.6 is 11.6 Å². The number of rotatable bonds is 7. The molecule has 2 heterocycles. The summed E-state index contributed by atoms with van der Waals surface area (Å²) in [6.07, 6.45) is 5.62. The van der Waals surface area contributed by atoms with E-state index in [2.05, 4.69) is 20.0 Å². The highest BCUT2D eigenvalue weighted by Crippen LogP contribution is 2.35. The predicted octanol–water partition coefficient (Wildman–Crippen LogP) is 5.28. The molecule has 39 heavy (non-hydrogen) atoms. The highest BCUT2D eigenvalue weighted by molar-refractivity contribution is 7.92. The van der Waals surface area contributed by atoms with Gasteiger partial charge in [0.15, 0.2) is 11.6 Å². The van der Waals surface area contributed by atoms with Crippen molar-refractivity contribution in [3.05, 3.63) is 65.1 Å². The molecule has 0 saturated heterocycles. The largest absolute Gasteiger partial charge is 0.480 e. The Morgan fingerprint density at radius 3 is 2.56 bits per heavy atom. The fourth-order valence-corrected chi connectivity index (χ4v) is 6.28. The first kappa shape index (κ1) is 27.0. The van der Waals surface area contributed by atoms with Crippen LogP contribution in [0, 0.1) is 12.7 Å². The van der Waals surface area contributed by atoms with E-state index in [0.717, 1.165) is 42.1 Å². The number of pyridine rings is 1. The van der Waals surface area contributed by atoms with Gasteiger partial charge in [-0.3, -0.25) is 4.72 Å². The Bertz CT molecular complexity index is 1640. The van der Waals surface area contributed by atoms with Gasteiger partial charge in [-0.05, 0) is 74.1 Å². The smallest absolute Gasteiger partial charge is 0.264 e. The third-order valence-electron chi connectivity index (χ3n) is 6.78. The minimum atomic E-state index is -4.19. The summed E-state index contributed by atoms with van der Waals surface area (Å²) in [5, 5.41) is 4.17. The van der Waals surface area contributed by atoms with Crippen molar-refractivity contribution in [2.24, 2.45) is 5.73 Å². The minimum Gasteiger partial charge on any atom is -0.480 e. The molecule has 1 aliphatic rings. The van der Waals surface area contributed by atoms with Crippen LogP contribution in [0.1, 0.15) is 31.2 Å². The number of nitrogens with two attached hydrogens (primary N) is 1. The van der Waals surface area contributed by atoms with E-state index in [0.29, 0.717) is 17.1 Å². The van der Waals surface area contributed by atoms with E-state index in [1.165, 1.54) is 31.4 Å². The molecular formula is C27H28ClFN6O3S. The van der Waals surface area contributed by atoms with Crippen LogP contribution in [-0.2, 0) is 10.0 Å². The molecule has 204 valence electrons. The lowest BCUT2D eigenvalue weighted by Crippen LogP contribution is -2.33. The number of nitrogens with one attached hydrogen (secondary N) is 2. The number of aromatic nitrogens is 3. The number of hydrogen-bond donors (Lipinski definition) is 3. The lowest BCUT2D eigenvalue weighted by molar-refractivity contribution is 0.398. The number of halogens is 2. The molecule has 12 heteroatoms. The van der Waals surface area contributed by atoms with Crippen LogP contribution in [0.3, 0.4) is 0 Å². The molecule has 0 atom stereocenters. The molecule has 2 aromatic carbocycles. The second-order valence-electron chi connectivity index (χ2n) is 9.59. The number of hydrogen-bond acceptors (Lipinski definition) is 8. The van der Waals surface area contributed by atoms with Crippen LogP contribution in [0.4, 0.5) is 16.2 Å². The number of anilines is 2. The third-order valence-corrected chi connectivity index (χ3v) is 8.62. The van der Waals surface area contributed by atoms with Gasteiger partial charge in [-0.1, -0.05) is 23.7 Å². The summed E-state index contributed by atoms with van der Waals surface area (Å²) < 4.78 is 48.4. The summed E-state index contributed by atoms with van der Waals surface area (Å²) >= 11 is 6.03. The lowest BCUT2D eigenvalue weighted by Gasteiger charge is -2.26. The first-order valence-corrected chi connectivity index (χ1v) is 14.3. The Balaban J connectivity index is 1.45. The zero-order chi connectivity index (χ0) is 27.7. The molecule has 5 rings (SSSR count). The molecule has 1 aliphatic carbocycles. The number of methoxy groups -OCH3 is 1. The van der Waals surface area contributed by atoms with Gasteiger partial charge in [0.1, 0.15) is 4.90 Å². The molecule has 0 radical (unpaired) electrons. The fraction of sp³-hybridized carbons (Fsp3) is 0.296. The van der Waals surface area contributed by atoms with Crippen LogP contribution in [0.5, 0.6) is 5.88 Å². The van der Waals surface area contributed by atoms with E-state index in [9.17, 15) is 8.42 Å². The second kappa shape index (κ2) is 10.9. The van der Waals surface area contributed by atoms with Crippen molar-refractivity contribution < 1.29 is 17.5 Å². The number of sulfonamides is 1. The molecule has 0 bridgehead atoms. The van der Waals surface area contributed by atoms with Crippen LogP contribution in [0.15, 0.2) is 53.6 Å². The quantitative estimate of drug-likeness (QED) is 0.273. The monoisotopic (exact) mass is 570 g/mol. The summed E-state index contributed by atoms with van der Waals surface area (Å²) in [4.78, 5) is 13.1. The van der Waals surface area contributed by atoms with Gasteiger partial charge in [-0.2, -0.15) is 4.98 Å². The Labute approximate surface area is 231 Å². The van der Waals surface area contributed by atoms with E-state index in [-0.39, 0.29) is 27.9 Å². The van der Waals surface area contributed by atoms with Crippen molar-refractivity contribution in [3.63, 3.8) is 0 Å². The van der Waals surface area contributed by atoms with E-state index < -0.39 is 21.7 Å². The Morgan fingerprint density at radius 2 is 1.85 bits per heavy atom. The van der Waals surface area contributed by atoms with Crippen molar-refractivity contribution in [2.45, 2.75) is 49.6 Å². The highest BCUT2D eigenvalue weighted by Gasteiger charge is 2.23. The number of aryl methyl sites for hydroxylation is 1. The maximum Gasteiger partial charge on any atom is 0.264 e. The summed E-state index contributed by atoms with van der Waals surface area (Å²) in [7, 11) is -2.81.